The number of carboxylic acid groups (broad SMARTS) is 1. The summed E-state index contributed by atoms with van der Waals surface area (Å²) in [7, 11) is 0. The molecule has 0 aromatic carbocycles. The molecule has 0 radical (unpaired) electrons. The van der Waals surface area contributed by atoms with Gasteiger partial charge in [0.1, 0.15) is 17.6 Å². The quantitative estimate of drug-likeness (QED) is 0.662. The Balaban J connectivity index is 2.39. The number of anilines is 1. The smallest absolute Gasteiger partial charge is 0.339 e. The van der Waals surface area contributed by atoms with E-state index in [0.29, 0.717) is 12.4 Å². The number of pyridine rings is 1. The van der Waals surface area contributed by atoms with Gasteiger partial charge in [-0.1, -0.05) is 19.3 Å². The maximum Gasteiger partial charge on any atom is 0.339 e. The summed E-state index contributed by atoms with van der Waals surface area (Å²) in [6.07, 6.45) is 6.59. The van der Waals surface area contributed by atoms with Gasteiger partial charge in [-0.05, 0) is 19.8 Å². The maximum atomic E-state index is 11.4. The molecule has 0 spiro atoms. The molecule has 0 atom stereocenters. The zero-order chi connectivity index (χ0) is 15.4. The van der Waals surface area contributed by atoms with Crippen molar-refractivity contribution < 1.29 is 14.8 Å². The van der Waals surface area contributed by atoms with Crippen molar-refractivity contribution in [2.75, 3.05) is 11.4 Å². The molecule has 1 aliphatic carbocycles. The van der Waals surface area contributed by atoms with Crippen molar-refractivity contribution in [2.24, 2.45) is 0 Å². The molecule has 1 fully saturated rings. The van der Waals surface area contributed by atoms with Crippen molar-refractivity contribution in [3.8, 4) is 0 Å². The Labute approximate surface area is 122 Å². The van der Waals surface area contributed by atoms with E-state index in [-0.39, 0.29) is 17.3 Å². The van der Waals surface area contributed by atoms with Gasteiger partial charge in [0.15, 0.2) is 0 Å². The van der Waals surface area contributed by atoms with Gasteiger partial charge in [0, 0.05) is 18.7 Å². The molecule has 0 unspecified atom stereocenters. The van der Waals surface area contributed by atoms with Crippen LogP contribution >= 0.6 is 0 Å². The molecule has 7 nitrogen and oxygen atoms in total. The van der Waals surface area contributed by atoms with E-state index in [4.69, 9.17) is 0 Å². The van der Waals surface area contributed by atoms with Crippen LogP contribution in [0.5, 0.6) is 0 Å². The summed E-state index contributed by atoms with van der Waals surface area (Å²) in [6.45, 7) is 2.58. The molecule has 1 aliphatic rings. The molecule has 1 aromatic heterocycles. The lowest BCUT2D eigenvalue weighted by Crippen LogP contribution is -2.38. The zero-order valence-corrected chi connectivity index (χ0v) is 12.0. The minimum atomic E-state index is -1.18. The van der Waals surface area contributed by atoms with Crippen molar-refractivity contribution in [1.29, 1.82) is 0 Å². The number of carbonyl (C=O) groups is 1. The molecule has 0 bridgehead atoms. The van der Waals surface area contributed by atoms with Crippen molar-refractivity contribution in [3.63, 3.8) is 0 Å². The molecule has 21 heavy (non-hydrogen) atoms. The summed E-state index contributed by atoms with van der Waals surface area (Å²) in [5.74, 6) is -0.849. The number of nitrogens with zero attached hydrogens (tertiary/aromatic N) is 3. The molecule has 2 rings (SSSR count). The van der Waals surface area contributed by atoms with Crippen molar-refractivity contribution in [3.05, 3.63) is 27.9 Å². The Morgan fingerprint density at radius 1 is 1.48 bits per heavy atom. The molecule has 114 valence electrons. The molecular weight excluding hydrogens is 274 g/mol. The third kappa shape index (κ3) is 3.29. The van der Waals surface area contributed by atoms with Crippen molar-refractivity contribution in [1.82, 2.24) is 4.98 Å². The van der Waals surface area contributed by atoms with Gasteiger partial charge in [-0.2, -0.15) is 0 Å². The normalized spacial score (nSPS) is 15.7. The first-order valence-electron chi connectivity index (χ1n) is 7.19. The molecule has 1 N–H and O–H groups in total. The van der Waals surface area contributed by atoms with Crippen LogP contribution in [0.1, 0.15) is 49.4 Å². The maximum absolute atomic E-state index is 11.4. The van der Waals surface area contributed by atoms with E-state index in [1.54, 1.807) is 0 Å². The van der Waals surface area contributed by atoms with Gasteiger partial charge >= 0.3 is 5.97 Å². The predicted octanol–water partition coefficient (Wildman–Crippen LogP) is 2.85. The highest BCUT2D eigenvalue weighted by Crippen LogP contribution is 2.29. The highest BCUT2D eigenvalue weighted by atomic mass is 16.6. The Kier molecular flexibility index (Phi) is 4.72. The number of aromatic nitrogens is 1. The monoisotopic (exact) mass is 293 g/mol. The second-order valence-electron chi connectivity index (χ2n) is 5.20. The average molecular weight is 293 g/mol. The van der Waals surface area contributed by atoms with E-state index < -0.39 is 10.9 Å². The van der Waals surface area contributed by atoms with Crippen LogP contribution in [0.25, 0.3) is 0 Å². The van der Waals surface area contributed by atoms with Gasteiger partial charge in [-0.25, -0.2) is 9.78 Å². The van der Waals surface area contributed by atoms with Crippen LogP contribution in [0, 0.1) is 10.1 Å². The first-order chi connectivity index (χ1) is 10.0. The van der Waals surface area contributed by atoms with Gasteiger partial charge in [-0.15, -0.1) is 0 Å². The van der Waals surface area contributed by atoms with Crippen LogP contribution in [-0.2, 0) is 0 Å². The fourth-order valence-electron chi connectivity index (χ4n) is 2.91. The molecule has 0 saturated heterocycles. The number of hydrogen-bond acceptors (Lipinski definition) is 5. The standard InChI is InChI=1S/C14H19N3O4/c1-2-16(10-6-4-3-5-7-10)13-12(14(18)19)8-11(9-15-13)17(20)21/h8-10H,2-7H2,1H3,(H,18,19). The third-order valence-electron chi connectivity index (χ3n) is 3.92. The fraction of sp³-hybridized carbons (Fsp3) is 0.571. The van der Waals surface area contributed by atoms with E-state index in [2.05, 4.69) is 4.98 Å². The second kappa shape index (κ2) is 6.51. The molecule has 1 heterocycles. The number of rotatable bonds is 5. The van der Waals surface area contributed by atoms with E-state index in [0.717, 1.165) is 37.9 Å². The van der Waals surface area contributed by atoms with Crippen molar-refractivity contribution in [2.45, 2.75) is 45.1 Å². The summed E-state index contributed by atoms with van der Waals surface area (Å²) in [5, 5.41) is 20.1. The molecule has 1 saturated carbocycles. The zero-order valence-electron chi connectivity index (χ0n) is 12.0. The average Bonchev–Trinajstić information content (AvgIpc) is 2.49. The van der Waals surface area contributed by atoms with Gasteiger partial charge in [0.25, 0.3) is 5.69 Å². The first-order valence-corrected chi connectivity index (χ1v) is 7.19. The number of carboxylic acids is 1. The highest BCUT2D eigenvalue weighted by Gasteiger charge is 2.26. The topological polar surface area (TPSA) is 96.6 Å². The summed E-state index contributed by atoms with van der Waals surface area (Å²) in [6, 6.07) is 1.35. The second-order valence-corrected chi connectivity index (χ2v) is 5.20. The largest absolute Gasteiger partial charge is 0.478 e. The van der Waals surface area contributed by atoms with Gasteiger partial charge < -0.3 is 10.0 Å². The molecule has 1 aromatic rings. The Bertz CT molecular complexity index is 541. The summed E-state index contributed by atoms with van der Waals surface area (Å²) < 4.78 is 0. The number of aromatic carboxylic acids is 1. The van der Waals surface area contributed by atoms with Gasteiger partial charge in [0.05, 0.1) is 4.92 Å². The van der Waals surface area contributed by atoms with Crippen molar-refractivity contribution >= 4 is 17.5 Å². The van der Waals surface area contributed by atoms with E-state index in [9.17, 15) is 20.0 Å². The summed E-state index contributed by atoms with van der Waals surface area (Å²) in [4.78, 5) is 27.6. The van der Waals surface area contributed by atoms with Crippen LogP contribution in [-0.4, -0.2) is 33.6 Å². The van der Waals surface area contributed by atoms with Crippen LogP contribution in [0.2, 0.25) is 0 Å². The third-order valence-corrected chi connectivity index (χ3v) is 3.92. The van der Waals surface area contributed by atoms with Gasteiger partial charge in [-0.3, -0.25) is 10.1 Å². The minimum Gasteiger partial charge on any atom is -0.478 e. The minimum absolute atomic E-state index is 0.100. The van der Waals surface area contributed by atoms with Crippen LogP contribution in [0.15, 0.2) is 12.3 Å². The fourth-order valence-corrected chi connectivity index (χ4v) is 2.91. The van der Waals surface area contributed by atoms with Crippen LogP contribution in [0.3, 0.4) is 0 Å². The van der Waals surface area contributed by atoms with E-state index in [1.165, 1.54) is 6.42 Å². The predicted molar refractivity (Wildman–Crippen MR) is 77.7 cm³/mol. The van der Waals surface area contributed by atoms with E-state index >= 15 is 0 Å². The Morgan fingerprint density at radius 3 is 2.67 bits per heavy atom. The number of nitro groups is 1. The lowest BCUT2D eigenvalue weighted by atomic mass is 9.94. The van der Waals surface area contributed by atoms with Crippen LogP contribution < -0.4 is 4.90 Å². The first kappa shape index (κ1) is 15.2. The Morgan fingerprint density at radius 2 is 2.14 bits per heavy atom. The molecule has 7 heteroatoms. The van der Waals surface area contributed by atoms with E-state index in [1.807, 2.05) is 11.8 Å². The molecule has 0 amide bonds. The molecule has 0 aliphatic heterocycles. The number of hydrogen-bond donors (Lipinski definition) is 1. The SMILES string of the molecule is CCN(c1ncc([N+](=O)[O-])cc1C(=O)O)C1CCCCC1. The van der Waals surface area contributed by atoms with Gasteiger partial charge in [0.2, 0.25) is 0 Å². The lowest BCUT2D eigenvalue weighted by Gasteiger charge is -2.35. The van der Waals surface area contributed by atoms with Crippen LogP contribution in [0.4, 0.5) is 11.5 Å². The summed E-state index contributed by atoms with van der Waals surface area (Å²) >= 11 is 0. The highest BCUT2D eigenvalue weighted by molar-refractivity contribution is 5.94. The lowest BCUT2D eigenvalue weighted by molar-refractivity contribution is -0.385. The molecular formula is C14H19N3O4. The Hall–Kier alpha value is -2.18. The summed E-state index contributed by atoms with van der Waals surface area (Å²) in [5.41, 5.74) is -0.396.